The summed E-state index contributed by atoms with van der Waals surface area (Å²) in [5.41, 5.74) is 3.55. The van der Waals surface area contributed by atoms with Crippen LogP contribution in [-0.4, -0.2) is 43.8 Å². The number of nitrogens with zero attached hydrogens (tertiary/aromatic N) is 2. The highest BCUT2D eigenvalue weighted by molar-refractivity contribution is 5.95. The summed E-state index contributed by atoms with van der Waals surface area (Å²) < 4.78 is 23.9. The number of aromatic nitrogens is 2. The standard InChI is InChI=1S/C27H36N4O4/c1-7-8-9-25-30-26(27(28)29-16-19-10-12-21(32-3)14-23(19)34-5)18(2)31(25)17-20-11-13-22(33-4)15-24(20)35-6/h10-15H,7-9,16-17H2,1-6H3,(H2,28,29). The van der Waals surface area contributed by atoms with E-state index in [0.29, 0.717) is 24.5 Å². The zero-order valence-corrected chi connectivity index (χ0v) is 21.5. The first-order valence-corrected chi connectivity index (χ1v) is 11.8. The van der Waals surface area contributed by atoms with Gasteiger partial charge in [0, 0.05) is 41.9 Å². The Hall–Kier alpha value is -3.68. The molecule has 1 aromatic heterocycles. The third kappa shape index (κ3) is 6.07. The summed E-state index contributed by atoms with van der Waals surface area (Å²) in [6.45, 7) is 5.22. The highest BCUT2D eigenvalue weighted by Crippen LogP contribution is 2.27. The van der Waals surface area contributed by atoms with Crippen LogP contribution in [0.25, 0.3) is 0 Å². The maximum absolute atomic E-state index is 8.73. The van der Waals surface area contributed by atoms with Crippen LogP contribution in [0.5, 0.6) is 23.0 Å². The van der Waals surface area contributed by atoms with E-state index >= 15 is 0 Å². The van der Waals surface area contributed by atoms with E-state index in [9.17, 15) is 0 Å². The SMILES string of the molecule is CCCCc1nc(C(=N)NCc2ccc(OC)cc2OC)c(C)n1Cc1ccc(OC)cc1OC. The predicted molar refractivity (Wildman–Crippen MR) is 137 cm³/mol. The minimum Gasteiger partial charge on any atom is -0.497 e. The summed E-state index contributed by atoms with van der Waals surface area (Å²) in [6.07, 6.45) is 2.94. The van der Waals surface area contributed by atoms with Gasteiger partial charge in [-0.2, -0.15) is 0 Å². The van der Waals surface area contributed by atoms with Gasteiger partial charge in [-0.25, -0.2) is 4.98 Å². The molecule has 1 heterocycles. The third-order valence-corrected chi connectivity index (χ3v) is 6.06. The van der Waals surface area contributed by atoms with E-state index in [1.165, 1.54) is 0 Å². The topological polar surface area (TPSA) is 90.6 Å². The summed E-state index contributed by atoms with van der Waals surface area (Å²) in [5.74, 6) is 4.19. The fourth-order valence-corrected chi connectivity index (χ4v) is 3.98. The lowest BCUT2D eigenvalue weighted by Crippen LogP contribution is -2.24. The van der Waals surface area contributed by atoms with E-state index < -0.39 is 0 Å². The number of rotatable bonds is 12. The van der Waals surface area contributed by atoms with Crippen molar-refractivity contribution in [2.24, 2.45) is 0 Å². The fraction of sp³-hybridized carbons (Fsp3) is 0.407. The number of benzene rings is 2. The number of unbranched alkanes of at least 4 members (excludes halogenated alkanes) is 1. The van der Waals surface area contributed by atoms with Gasteiger partial charge < -0.3 is 28.8 Å². The van der Waals surface area contributed by atoms with Gasteiger partial charge in [-0.1, -0.05) is 13.3 Å². The van der Waals surface area contributed by atoms with Gasteiger partial charge in [-0.05, 0) is 37.6 Å². The van der Waals surface area contributed by atoms with Crippen molar-refractivity contribution in [3.8, 4) is 23.0 Å². The number of nitrogens with one attached hydrogen (secondary N) is 2. The molecule has 0 saturated carbocycles. The molecule has 3 aromatic rings. The molecule has 0 aliphatic rings. The van der Waals surface area contributed by atoms with Gasteiger partial charge in [0.25, 0.3) is 0 Å². The fourth-order valence-electron chi connectivity index (χ4n) is 3.98. The summed E-state index contributed by atoms with van der Waals surface area (Å²) in [7, 11) is 6.56. The van der Waals surface area contributed by atoms with E-state index in [-0.39, 0.29) is 5.84 Å². The highest BCUT2D eigenvalue weighted by atomic mass is 16.5. The second kappa shape index (κ2) is 12.1. The van der Waals surface area contributed by atoms with Gasteiger partial charge in [0.15, 0.2) is 0 Å². The molecule has 2 aromatic carbocycles. The van der Waals surface area contributed by atoms with Crippen molar-refractivity contribution in [1.29, 1.82) is 5.41 Å². The van der Waals surface area contributed by atoms with E-state index in [1.807, 2.05) is 43.3 Å². The number of aryl methyl sites for hydroxylation is 1. The minimum absolute atomic E-state index is 0.276. The van der Waals surface area contributed by atoms with Gasteiger partial charge in [0.1, 0.15) is 40.4 Å². The number of ether oxygens (including phenoxy) is 4. The van der Waals surface area contributed by atoms with E-state index in [4.69, 9.17) is 29.3 Å². The summed E-state index contributed by atoms with van der Waals surface area (Å²) in [4.78, 5) is 4.87. The van der Waals surface area contributed by atoms with Gasteiger partial charge in [-0.3, -0.25) is 5.41 Å². The molecule has 0 radical (unpaired) electrons. The molecule has 3 rings (SSSR count). The van der Waals surface area contributed by atoms with Crippen LogP contribution >= 0.6 is 0 Å². The maximum atomic E-state index is 8.73. The first-order valence-electron chi connectivity index (χ1n) is 11.8. The normalized spacial score (nSPS) is 10.7. The third-order valence-electron chi connectivity index (χ3n) is 6.06. The monoisotopic (exact) mass is 480 g/mol. The average molecular weight is 481 g/mol. The molecule has 0 spiro atoms. The van der Waals surface area contributed by atoms with E-state index in [0.717, 1.165) is 59.2 Å². The molecule has 35 heavy (non-hydrogen) atoms. The quantitative estimate of drug-likeness (QED) is 0.288. The molecule has 0 saturated heterocycles. The van der Waals surface area contributed by atoms with Crippen LogP contribution < -0.4 is 24.3 Å². The second-order valence-electron chi connectivity index (χ2n) is 8.24. The summed E-state index contributed by atoms with van der Waals surface area (Å²) in [5, 5.41) is 11.9. The molecule has 0 atom stereocenters. The number of methoxy groups -OCH3 is 4. The molecule has 8 heteroatoms. The number of imidazole rings is 1. The first-order chi connectivity index (χ1) is 16.9. The van der Waals surface area contributed by atoms with Crippen molar-refractivity contribution in [1.82, 2.24) is 14.9 Å². The molecule has 0 unspecified atom stereocenters. The minimum atomic E-state index is 0.276. The van der Waals surface area contributed by atoms with Crippen LogP contribution in [0.3, 0.4) is 0 Å². The molecule has 8 nitrogen and oxygen atoms in total. The summed E-state index contributed by atoms with van der Waals surface area (Å²) in [6, 6.07) is 11.5. The number of amidine groups is 1. The Morgan fingerprint density at radius 2 is 1.51 bits per heavy atom. The largest absolute Gasteiger partial charge is 0.497 e. The lowest BCUT2D eigenvalue weighted by Gasteiger charge is -2.15. The first kappa shape index (κ1) is 25.9. The highest BCUT2D eigenvalue weighted by Gasteiger charge is 2.19. The molecular formula is C27H36N4O4. The molecule has 0 aliphatic heterocycles. The van der Waals surface area contributed by atoms with E-state index in [2.05, 4.69) is 16.8 Å². The average Bonchev–Trinajstić information content (AvgIpc) is 3.20. The molecule has 188 valence electrons. The van der Waals surface area contributed by atoms with Crippen LogP contribution in [0.4, 0.5) is 0 Å². The van der Waals surface area contributed by atoms with Gasteiger partial charge >= 0.3 is 0 Å². The molecule has 2 N–H and O–H groups in total. The second-order valence-corrected chi connectivity index (χ2v) is 8.24. The van der Waals surface area contributed by atoms with Crippen molar-refractivity contribution in [2.75, 3.05) is 28.4 Å². The summed E-state index contributed by atoms with van der Waals surface area (Å²) >= 11 is 0. The van der Waals surface area contributed by atoms with Gasteiger partial charge in [-0.15, -0.1) is 0 Å². The van der Waals surface area contributed by atoms with Crippen LogP contribution in [0.1, 0.15) is 48.1 Å². The van der Waals surface area contributed by atoms with Gasteiger partial charge in [0.2, 0.25) is 0 Å². The molecule has 0 fully saturated rings. The Morgan fingerprint density at radius 1 is 0.914 bits per heavy atom. The van der Waals surface area contributed by atoms with Crippen molar-refractivity contribution in [3.63, 3.8) is 0 Å². The molecule has 0 aliphatic carbocycles. The Morgan fingerprint density at radius 3 is 2.09 bits per heavy atom. The van der Waals surface area contributed by atoms with Gasteiger partial charge in [0.05, 0.1) is 35.0 Å². The Kier molecular flexibility index (Phi) is 9.00. The van der Waals surface area contributed by atoms with Crippen LogP contribution in [0, 0.1) is 12.3 Å². The molecule has 0 bridgehead atoms. The zero-order valence-electron chi connectivity index (χ0n) is 21.5. The van der Waals surface area contributed by atoms with Crippen LogP contribution in [-0.2, 0) is 19.5 Å². The van der Waals surface area contributed by atoms with Crippen molar-refractivity contribution in [2.45, 2.75) is 46.2 Å². The Labute approximate surface area is 207 Å². The smallest absolute Gasteiger partial charge is 0.146 e. The van der Waals surface area contributed by atoms with Crippen LogP contribution in [0.2, 0.25) is 0 Å². The number of hydrogen-bond donors (Lipinski definition) is 2. The van der Waals surface area contributed by atoms with Crippen molar-refractivity contribution >= 4 is 5.84 Å². The molecular weight excluding hydrogens is 444 g/mol. The molecule has 0 amide bonds. The lowest BCUT2D eigenvalue weighted by atomic mass is 10.1. The lowest BCUT2D eigenvalue weighted by molar-refractivity contribution is 0.390. The van der Waals surface area contributed by atoms with Crippen molar-refractivity contribution < 1.29 is 18.9 Å². The Bertz CT molecular complexity index is 1160. The van der Waals surface area contributed by atoms with Crippen LogP contribution in [0.15, 0.2) is 36.4 Å². The van der Waals surface area contributed by atoms with Crippen molar-refractivity contribution in [3.05, 3.63) is 64.7 Å². The Balaban J connectivity index is 1.86. The van der Waals surface area contributed by atoms with E-state index in [1.54, 1.807) is 28.4 Å². The maximum Gasteiger partial charge on any atom is 0.146 e. The zero-order chi connectivity index (χ0) is 25.4. The predicted octanol–water partition coefficient (Wildman–Crippen LogP) is 4.73. The number of hydrogen-bond acceptors (Lipinski definition) is 6.